The van der Waals surface area contributed by atoms with Crippen molar-refractivity contribution in [3.05, 3.63) is 92.5 Å². The highest BCUT2D eigenvalue weighted by atomic mass is 19.1. The molecule has 1 amide bonds. The number of halogens is 1. The van der Waals surface area contributed by atoms with Crippen molar-refractivity contribution in [3.63, 3.8) is 0 Å². The number of carbonyl (C=O) groups excluding carboxylic acids is 1. The van der Waals surface area contributed by atoms with Crippen LogP contribution < -0.4 is 16.6 Å². The Morgan fingerprint density at radius 1 is 1.06 bits per heavy atom. The Bertz CT molecular complexity index is 1420. The Hall–Kier alpha value is -4.14. The van der Waals surface area contributed by atoms with Gasteiger partial charge in [0.15, 0.2) is 11.5 Å². The van der Waals surface area contributed by atoms with Gasteiger partial charge in [0.25, 0.3) is 5.56 Å². The summed E-state index contributed by atoms with van der Waals surface area (Å²) in [5, 5.41) is 2.76. The van der Waals surface area contributed by atoms with Gasteiger partial charge in [0, 0.05) is 25.4 Å². The molecule has 0 saturated carbocycles. The average Bonchev–Trinajstić information content (AvgIpc) is 2.80. The molecule has 4 rings (SSSR count). The first-order valence-electron chi connectivity index (χ1n) is 9.88. The Balaban J connectivity index is 1.62. The average molecular weight is 433 g/mol. The van der Waals surface area contributed by atoms with Gasteiger partial charge in [-0.3, -0.25) is 18.7 Å². The Kier molecular flexibility index (Phi) is 5.63. The van der Waals surface area contributed by atoms with Crippen molar-refractivity contribution >= 4 is 16.9 Å². The number of carbonyl (C=O) groups is 1. The van der Waals surface area contributed by atoms with Crippen LogP contribution >= 0.6 is 0 Å². The van der Waals surface area contributed by atoms with Crippen molar-refractivity contribution in [2.24, 2.45) is 7.05 Å². The normalized spacial score (nSPS) is 11.0. The minimum absolute atomic E-state index is 0.134. The van der Waals surface area contributed by atoms with E-state index in [1.54, 1.807) is 12.1 Å². The van der Waals surface area contributed by atoms with E-state index in [0.29, 0.717) is 11.4 Å². The molecule has 162 valence electrons. The van der Waals surface area contributed by atoms with Gasteiger partial charge in [-0.2, -0.15) is 0 Å². The summed E-state index contributed by atoms with van der Waals surface area (Å²) in [6.07, 6.45) is 1.37. The number of aromatic nitrogens is 4. The predicted molar refractivity (Wildman–Crippen MR) is 117 cm³/mol. The van der Waals surface area contributed by atoms with Crippen LogP contribution in [0.1, 0.15) is 11.1 Å². The predicted octanol–water partition coefficient (Wildman–Crippen LogP) is 1.92. The SMILES string of the molecule is Cc1ccc(-c2ncc3c(=O)n(CC(=O)NCc4ccc(F)cc4)c(=O)n(C)c3n2)cc1. The van der Waals surface area contributed by atoms with Crippen LogP contribution in [0.15, 0.2) is 64.3 Å². The molecule has 4 aromatic rings. The summed E-state index contributed by atoms with van der Waals surface area (Å²) in [6, 6.07) is 13.2. The zero-order valence-electron chi connectivity index (χ0n) is 17.5. The summed E-state index contributed by atoms with van der Waals surface area (Å²) in [6.45, 7) is 1.65. The summed E-state index contributed by atoms with van der Waals surface area (Å²) in [7, 11) is 1.49. The minimum atomic E-state index is -0.659. The number of fused-ring (bicyclic) bond motifs is 1. The Morgan fingerprint density at radius 2 is 1.75 bits per heavy atom. The highest BCUT2D eigenvalue weighted by Gasteiger charge is 2.16. The van der Waals surface area contributed by atoms with Crippen molar-refractivity contribution in [3.8, 4) is 11.4 Å². The quantitative estimate of drug-likeness (QED) is 0.519. The molecule has 0 bridgehead atoms. The van der Waals surface area contributed by atoms with Crippen LogP contribution in [-0.4, -0.2) is 25.0 Å². The van der Waals surface area contributed by atoms with Crippen LogP contribution in [-0.2, 0) is 24.9 Å². The number of hydrogen-bond donors (Lipinski definition) is 1. The van der Waals surface area contributed by atoms with Gasteiger partial charge in [-0.25, -0.2) is 19.2 Å². The molecule has 0 saturated heterocycles. The van der Waals surface area contributed by atoms with Crippen LogP contribution in [0.5, 0.6) is 0 Å². The van der Waals surface area contributed by atoms with E-state index in [9.17, 15) is 18.8 Å². The van der Waals surface area contributed by atoms with Crippen LogP contribution in [0.3, 0.4) is 0 Å². The molecule has 2 aromatic carbocycles. The van der Waals surface area contributed by atoms with Crippen molar-refractivity contribution < 1.29 is 9.18 Å². The molecule has 0 unspecified atom stereocenters. The van der Waals surface area contributed by atoms with Gasteiger partial charge in [-0.05, 0) is 24.6 Å². The zero-order valence-corrected chi connectivity index (χ0v) is 17.5. The first kappa shape index (κ1) is 21.1. The third-order valence-corrected chi connectivity index (χ3v) is 5.09. The lowest BCUT2D eigenvalue weighted by Crippen LogP contribution is -2.43. The third-order valence-electron chi connectivity index (χ3n) is 5.09. The maximum atomic E-state index is 13.0. The number of hydrogen-bond acceptors (Lipinski definition) is 5. The van der Waals surface area contributed by atoms with Gasteiger partial charge in [0.1, 0.15) is 17.7 Å². The molecular weight excluding hydrogens is 413 g/mol. The number of rotatable bonds is 5. The van der Waals surface area contributed by atoms with Gasteiger partial charge >= 0.3 is 5.69 Å². The summed E-state index contributed by atoms with van der Waals surface area (Å²) in [5.74, 6) is -0.509. The fourth-order valence-corrected chi connectivity index (χ4v) is 3.27. The molecular formula is C23H20FN5O3. The molecule has 0 aliphatic carbocycles. The lowest BCUT2D eigenvalue weighted by molar-refractivity contribution is -0.121. The highest BCUT2D eigenvalue weighted by Crippen LogP contribution is 2.17. The standard InChI is InChI=1S/C23H20FN5O3/c1-14-3-7-16(8-4-14)20-26-12-18-21(27-20)28(2)23(32)29(22(18)31)13-19(30)25-11-15-5-9-17(24)10-6-15/h3-10,12H,11,13H2,1-2H3,(H,25,30). The summed E-state index contributed by atoms with van der Waals surface area (Å²) < 4.78 is 15.1. The second-order valence-electron chi connectivity index (χ2n) is 7.43. The molecule has 8 nitrogen and oxygen atoms in total. The van der Waals surface area contributed by atoms with Crippen molar-refractivity contribution in [2.75, 3.05) is 0 Å². The molecule has 0 spiro atoms. The number of aryl methyl sites for hydroxylation is 2. The molecule has 9 heteroatoms. The molecule has 0 aliphatic heterocycles. The van der Waals surface area contributed by atoms with E-state index >= 15 is 0 Å². The topological polar surface area (TPSA) is 98.9 Å². The number of benzene rings is 2. The van der Waals surface area contributed by atoms with Crippen LogP contribution in [0.4, 0.5) is 4.39 Å². The van der Waals surface area contributed by atoms with E-state index in [0.717, 1.165) is 15.7 Å². The Morgan fingerprint density at radius 3 is 2.44 bits per heavy atom. The van der Waals surface area contributed by atoms with Crippen molar-refractivity contribution in [1.82, 2.24) is 24.4 Å². The van der Waals surface area contributed by atoms with Crippen molar-refractivity contribution in [2.45, 2.75) is 20.0 Å². The first-order chi connectivity index (χ1) is 15.3. The molecule has 0 radical (unpaired) electrons. The van der Waals surface area contributed by atoms with Crippen molar-refractivity contribution in [1.29, 1.82) is 0 Å². The van der Waals surface area contributed by atoms with Gasteiger partial charge in [0.05, 0.1) is 0 Å². The number of nitrogens with zero attached hydrogens (tertiary/aromatic N) is 4. The van der Waals surface area contributed by atoms with E-state index in [1.807, 2.05) is 31.2 Å². The smallest absolute Gasteiger partial charge is 0.332 e. The minimum Gasteiger partial charge on any atom is -0.350 e. The number of amides is 1. The Labute approximate surface area is 182 Å². The molecule has 2 aromatic heterocycles. The maximum Gasteiger partial charge on any atom is 0.332 e. The third kappa shape index (κ3) is 4.18. The van der Waals surface area contributed by atoms with E-state index in [-0.39, 0.29) is 23.4 Å². The van der Waals surface area contributed by atoms with Crippen LogP contribution in [0.2, 0.25) is 0 Å². The summed E-state index contributed by atoms with van der Waals surface area (Å²) in [4.78, 5) is 46.7. The van der Waals surface area contributed by atoms with Crippen LogP contribution in [0.25, 0.3) is 22.4 Å². The largest absolute Gasteiger partial charge is 0.350 e. The molecule has 0 atom stereocenters. The van der Waals surface area contributed by atoms with E-state index < -0.39 is 23.7 Å². The molecule has 0 fully saturated rings. The monoisotopic (exact) mass is 433 g/mol. The number of nitrogens with one attached hydrogen (secondary N) is 1. The fraction of sp³-hybridized carbons (Fsp3) is 0.174. The van der Waals surface area contributed by atoms with Gasteiger partial charge in [-0.15, -0.1) is 0 Å². The molecule has 1 N–H and O–H groups in total. The first-order valence-corrected chi connectivity index (χ1v) is 9.88. The van der Waals surface area contributed by atoms with E-state index in [2.05, 4.69) is 15.3 Å². The second-order valence-corrected chi connectivity index (χ2v) is 7.43. The molecule has 2 heterocycles. The fourth-order valence-electron chi connectivity index (χ4n) is 3.27. The molecule has 32 heavy (non-hydrogen) atoms. The lowest BCUT2D eigenvalue weighted by atomic mass is 10.1. The van der Waals surface area contributed by atoms with E-state index in [4.69, 9.17) is 0 Å². The lowest BCUT2D eigenvalue weighted by Gasteiger charge is -2.11. The van der Waals surface area contributed by atoms with Gasteiger partial charge < -0.3 is 5.32 Å². The van der Waals surface area contributed by atoms with Crippen LogP contribution in [0, 0.1) is 12.7 Å². The van der Waals surface area contributed by atoms with Gasteiger partial charge in [-0.1, -0.05) is 42.0 Å². The maximum absolute atomic E-state index is 13.0. The second kappa shape index (κ2) is 8.54. The van der Waals surface area contributed by atoms with E-state index in [1.165, 1.54) is 29.9 Å². The molecule has 0 aliphatic rings. The summed E-state index contributed by atoms with van der Waals surface area (Å²) >= 11 is 0. The zero-order chi connectivity index (χ0) is 22.8. The highest BCUT2D eigenvalue weighted by molar-refractivity contribution is 5.78. The summed E-state index contributed by atoms with van der Waals surface area (Å²) in [5.41, 5.74) is 1.42. The van der Waals surface area contributed by atoms with Gasteiger partial charge in [0.2, 0.25) is 5.91 Å².